The van der Waals surface area contributed by atoms with Gasteiger partial charge in [0.2, 0.25) is 5.91 Å². The minimum absolute atomic E-state index is 0.0483. The number of likely N-dealkylation sites (tertiary alicyclic amines) is 1. The summed E-state index contributed by atoms with van der Waals surface area (Å²) in [5.41, 5.74) is 2.44. The number of rotatable bonds is 7. The number of amides is 1. The number of carbonyl (C=O) groups is 1. The molecule has 1 aliphatic rings. The van der Waals surface area contributed by atoms with E-state index in [4.69, 9.17) is 0 Å². The molecule has 0 radical (unpaired) electrons. The van der Waals surface area contributed by atoms with Crippen molar-refractivity contribution in [1.29, 1.82) is 0 Å². The van der Waals surface area contributed by atoms with E-state index < -0.39 is 0 Å². The Kier molecular flexibility index (Phi) is 8.27. The number of piperidine rings is 1. The molecule has 1 saturated heterocycles. The van der Waals surface area contributed by atoms with Crippen molar-refractivity contribution in [2.75, 3.05) is 20.1 Å². The SMILES string of the molecule is CN=C(NCC(=O)NCc1ccccc1)NC1CCN(Cc2ccccc2)C(C)C1. The van der Waals surface area contributed by atoms with Gasteiger partial charge >= 0.3 is 0 Å². The van der Waals surface area contributed by atoms with Gasteiger partial charge in [-0.2, -0.15) is 0 Å². The minimum atomic E-state index is -0.0483. The summed E-state index contributed by atoms with van der Waals surface area (Å²) in [6.45, 7) is 5.05. The Hall–Kier alpha value is -2.86. The monoisotopic (exact) mass is 407 g/mol. The third-order valence-electron chi connectivity index (χ3n) is 5.56. The second kappa shape index (κ2) is 11.4. The van der Waals surface area contributed by atoms with Crippen LogP contribution < -0.4 is 16.0 Å². The Balaban J connectivity index is 1.39. The Morgan fingerprint density at radius 3 is 2.33 bits per heavy atom. The molecular weight excluding hydrogens is 374 g/mol. The van der Waals surface area contributed by atoms with Crippen LogP contribution in [0.1, 0.15) is 30.9 Å². The largest absolute Gasteiger partial charge is 0.354 e. The summed E-state index contributed by atoms with van der Waals surface area (Å²) in [6, 6.07) is 21.4. The van der Waals surface area contributed by atoms with Gasteiger partial charge in [0.15, 0.2) is 5.96 Å². The molecule has 3 N–H and O–H groups in total. The number of aliphatic imine (C=N–C) groups is 1. The van der Waals surface area contributed by atoms with Gasteiger partial charge in [0, 0.05) is 38.8 Å². The highest BCUT2D eigenvalue weighted by Crippen LogP contribution is 2.19. The highest BCUT2D eigenvalue weighted by Gasteiger charge is 2.26. The molecule has 2 aromatic carbocycles. The van der Waals surface area contributed by atoms with Crippen molar-refractivity contribution in [2.24, 2.45) is 4.99 Å². The van der Waals surface area contributed by atoms with E-state index in [-0.39, 0.29) is 12.5 Å². The average molecular weight is 408 g/mol. The third-order valence-corrected chi connectivity index (χ3v) is 5.56. The number of nitrogens with zero attached hydrogens (tertiary/aromatic N) is 2. The van der Waals surface area contributed by atoms with Crippen LogP contribution in [0.5, 0.6) is 0 Å². The second-order valence-corrected chi connectivity index (χ2v) is 7.86. The number of benzene rings is 2. The number of carbonyl (C=O) groups excluding carboxylic acids is 1. The first-order valence-corrected chi connectivity index (χ1v) is 10.7. The Morgan fingerprint density at radius 2 is 1.70 bits per heavy atom. The maximum atomic E-state index is 12.1. The van der Waals surface area contributed by atoms with E-state index >= 15 is 0 Å². The van der Waals surface area contributed by atoms with Crippen LogP contribution in [0.3, 0.4) is 0 Å². The van der Waals surface area contributed by atoms with Gasteiger partial charge in [-0.25, -0.2) is 0 Å². The molecule has 2 unspecified atom stereocenters. The smallest absolute Gasteiger partial charge is 0.239 e. The summed E-state index contributed by atoms with van der Waals surface area (Å²) < 4.78 is 0. The zero-order valence-corrected chi connectivity index (χ0v) is 18.0. The molecule has 6 heteroatoms. The molecule has 1 fully saturated rings. The van der Waals surface area contributed by atoms with Gasteiger partial charge in [-0.3, -0.25) is 14.7 Å². The molecule has 0 saturated carbocycles. The van der Waals surface area contributed by atoms with Crippen LogP contribution in [0.4, 0.5) is 0 Å². The molecule has 1 aliphatic heterocycles. The molecule has 6 nitrogen and oxygen atoms in total. The molecule has 0 bridgehead atoms. The zero-order chi connectivity index (χ0) is 21.2. The minimum Gasteiger partial charge on any atom is -0.354 e. The number of hydrogen-bond acceptors (Lipinski definition) is 3. The van der Waals surface area contributed by atoms with Crippen molar-refractivity contribution in [3.05, 3.63) is 71.8 Å². The third kappa shape index (κ3) is 6.88. The topological polar surface area (TPSA) is 68.8 Å². The summed E-state index contributed by atoms with van der Waals surface area (Å²) in [4.78, 5) is 18.9. The van der Waals surface area contributed by atoms with Gasteiger partial charge in [-0.05, 0) is 30.9 Å². The van der Waals surface area contributed by atoms with Gasteiger partial charge < -0.3 is 16.0 Å². The lowest BCUT2D eigenvalue weighted by Gasteiger charge is -2.38. The molecule has 1 heterocycles. The highest BCUT2D eigenvalue weighted by atomic mass is 16.1. The molecule has 1 amide bonds. The lowest BCUT2D eigenvalue weighted by molar-refractivity contribution is -0.120. The molecule has 160 valence electrons. The van der Waals surface area contributed by atoms with E-state index in [0.717, 1.165) is 31.5 Å². The van der Waals surface area contributed by atoms with Crippen LogP contribution in [0.25, 0.3) is 0 Å². The number of guanidine groups is 1. The molecule has 0 spiro atoms. The van der Waals surface area contributed by atoms with Gasteiger partial charge in [-0.15, -0.1) is 0 Å². The van der Waals surface area contributed by atoms with E-state index in [0.29, 0.717) is 24.6 Å². The van der Waals surface area contributed by atoms with Crippen molar-refractivity contribution >= 4 is 11.9 Å². The summed E-state index contributed by atoms with van der Waals surface area (Å²) in [6.07, 6.45) is 2.10. The first-order valence-electron chi connectivity index (χ1n) is 10.7. The Labute approximate surface area is 179 Å². The lowest BCUT2D eigenvalue weighted by atomic mass is 9.97. The van der Waals surface area contributed by atoms with Crippen LogP contribution in [-0.2, 0) is 17.9 Å². The highest BCUT2D eigenvalue weighted by molar-refractivity contribution is 5.86. The van der Waals surface area contributed by atoms with E-state index in [1.165, 1.54) is 5.56 Å². The van der Waals surface area contributed by atoms with Crippen LogP contribution >= 0.6 is 0 Å². The van der Waals surface area contributed by atoms with Crippen LogP contribution in [0.15, 0.2) is 65.7 Å². The molecule has 0 aliphatic carbocycles. The fourth-order valence-corrected chi connectivity index (χ4v) is 3.82. The van der Waals surface area contributed by atoms with Gasteiger partial charge in [-0.1, -0.05) is 60.7 Å². The quantitative estimate of drug-likeness (QED) is 0.487. The predicted octanol–water partition coefficient (Wildman–Crippen LogP) is 2.52. The molecule has 2 aromatic rings. The van der Waals surface area contributed by atoms with Crippen molar-refractivity contribution in [3.63, 3.8) is 0 Å². The molecule has 3 rings (SSSR count). The normalized spacial score (nSPS) is 19.9. The van der Waals surface area contributed by atoms with Gasteiger partial charge in [0.1, 0.15) is 0 Å². The molecule has 2 atom stereocenters. The average Bonchev–Trinajstić information content (AvgIpc) is 2.78. The summed E-state index contributed by atoms with van der Waals surface area (Å²) >= 11 is 0. The van der Waals surface area contributed by atoms with E-state index in [9.17, 15) is 4.79 Å². The second-order valence-electron chi connectivity index (χ2n) is 7.86. The van der Waals surface area contributed by atoms with E-state index in [2.05, 4.69) is 63.1 Å². The summed E-state index contributed by atoms with van der Waals surface area (Å²) in [7, 11) is 1.74. The summed E-state index contributed by atoms with van der Waals surface area (Å²) in [5.74, 6) is 0.631. The number of nitrogens with one attached hydrogen (secondary N) is 3. The molecular formula is C24H33N5O. The standard InChI is InChI=1S/C24H33N5O/c1-19-15-22(13-14-29(19)18-21-11-7-4-8-12-21)28-24(25-2)27-17-23(30)26-16-20-9-5-3-6-10-20/h3-12,19,22H,13-18H2,1-2H3,(H,26,30)(H2,25,27,28). The van der Waals surface area contributed by atoms with Crippen molar-refractivity contribution in [1.82, 2.24) is 20.9 Å². The van der Waals surface area contributed by atoms with Crippen LogP contribution in [0.2, 0.25) is 0 Å². The van der Waals surface area contributed by atoms with Crippen molar-refractivity contribution in [3.8, 4) is 0 Å². The Morgan fingerprint density at radius 1 is 1.03 bits per heavy atom. The molecule has 0 aromatic heterocycles. The summed E-state index contributed by atoms with van der Waals surface area (Å²) in [5, 5.41) is 9.54. The fraction of sp³-hybridized carbons (Fsp3) is 0.417. The van der Waals surface area contributed by atoms with Crippen molar-refractivity contribution < 1.29 is 4.79 Å². The van der Waals surface area contributed by atoms with Crippen LogP contribution in [0, 0.1) is 0 Å². The molecule has 30 heavy (non-hydrogen) atoms. The van der Waals surface area contributed by atoms with Crippen LogP contribution in [-0.4, -0.2) is 49.0 Å². The van der Waals surface area contributed by atoms with Gasteiger partial charge in [0.05, 0.1) is 6.54 Å². The van der Waals surface area contributed by atoms with E-state index in [1.807, 2.05) is 30.3 Å². The van der Waals surface area contributed by atoms with Crippen molar-refractivity contribution in [2.45, 2.75) is 44.9 Å². The number of hydrogen-bond donors (Lipinski definition) is 3. The van der Waals surface area contributed by atoms with Gasteiger partial charge in [0.25, 0.3) is 0 Å². The van der Waals surface area contributed by atoms with E-state index in [1.54, 1.807) is 7.05 Å². The first kappa shape index (κ1) is 21.8. The maximum absolute atomic E-state index is 12.1. The lowest BCUT2D eigenvalue weighted by Crippen LogP contribution is -2.52. The maximum Gasteiger partial charge on any atom is 0.239 e. The first-order chi connectivity index (χ1) is 14.6. The Bertz CT molecular complexity index is 809. The predicted molar refractivity (Wildman–Crippen MR) is 122 cm³/mol. The zero-order valence-electron chi connectivity index (χ0n) is 18.0. The fourth-order valence-electron chi connectivity index (χ4n) is 3.82.